The highest BCUT2D eigenvalue weighted by atomic mass is 19.1. The van der Waals surface area contributed by atoms with Gasteiger partial charge in [-0.25, -0.2) is 14.0 Å². The van der Waals surface area contributed by atoms with Crippen LogP contribution in [0.4, 0.5) is 14.9 Å². The van der Waals surface area contributed by atoms with Gasteiger partial charge in [-0.05, 0) is 54.8 Å². The maximum atomic E-state index is 13.5. The standard InChI is InChI=1S/C19H19FN2O3/c1-25-18(23)13-7-9-16(10-8-13)21-19(24)22-11-3-6-17(22)14-4-2-5-15(20)12-14/h2,4-5,7-10,12,17H,3,6,11H2,1H3,(H,21,24)/t17-/m0/s1. The number of rotatable bonds is 3. The van der Waals surface area contributed by atoms with Crippen LogP contribution in [0, 0.1) is 5.82 Å². The van der Waals surface area contributed by atoms with Crippen molar-refractivity contribution in [2.75, 3.05) is 19.0 Å². The number of hydrogen-bond donors (Lipinski definition) is 1. The molecule has 5 nitrogen and oxygen atoms in total. The molecule has 1 aliphatic heterocycles. The molecule has 3 rings (SSSR count). The number of carbonyl (C=O) groups excluding carboxylic acids is 2. The lowest BCUT2D eigenvalue weighted by Crippen LogP contribution is -2.34. The minimum absolute atomic E-state index is 0.134. The molecule has 1 fully saturated rings. The molecule has 130 valence electrons. The van der Waals surface area contributed by atoms with Gasteiger partial charge in [0.2, 0.25) is 0 Å². The van der Waals surface area contributed by atoms with Crippen LogP contribution in [0.15, 0.2) is 48.5 Å². The summed E-state index contributed by atoms with van der Waals surface area (Å²) in [6.07, 6.45) is 1.67. The third-order valence-electron chi connectivity index (χ3n) is 4.30. The lowest BCUT2D eigenvalue weighted by atomic mass is 10.0. The van der Waals surface area contributed by atoms with Gasteiger partial charge in [-0.3, -0.25) is 0 Å². The van der Waals surface area contributed by atoms with Gasteiger partial charge in [0.15, 0.2) is 0 Å². The zero-order valence-corrected chi connectivity index (χ0v) is 13.9. The molecule has 1 saturated heterocycles. The summed E-state index contributed by atoms with van der Waals surface area (Å²) in [6, 6.07) is 12.5. The molecule has 0 aromatic heterocycles. The summed E-state index contributed by atoms with van der Waals surface area (Å²) in [6.45, 7) is 0.618. The van der Waals surface area contributed by atoms with E-state index in [2.05, 4.69) is 10.1 Å². The molecule has 0 unspecified atom stereocenters. The van der Waals surface area contributed by atoms with E-state index in [1.165, 1.54) is 19.2 Å². The van der Waals surface area contributed by atoms with Gasteiger partial charge in [0, 0.05) is 12.2 Å². The highest BCUT2D eigenvalue weighted by molar-refractivity contribution is 5.92. The quantitative estimate of drug-likeness (QED) is 0.858. The summed E-state index contributed by atoms with van der Waals surface area (Å²) in [5.74, 6) is -0.730. The molecule has 0 spiro atoms. The molecule has 0 bridgehead atoms. The van der Waals surface area contributed by atoms with Crippen molar-refractivity contribution in [2.24, 2.45) is 0 Å². The van der Waals surface area contributed by atoms with E-state index in [0.29, 0.717) is 17.8 Å². The Kier molecular flexibility index (Phi) is 4.97. The number of carbonyl (C=O) groups is 2. The Morgan fingerprint density at radius 1 is 1.20 bits per heavy atom. The summed E-state index contributed by atoms with van der Waals surface area (Å²) in [4.78, 5) is 25.7. The van der Waals surface area contributed by atoms with E-state index in [-0.39, 0.29) is 17.9 Å². The Morgan fingerprint density at radius 2 is 1.96 bits per heavy atom. The molecule has 2 aromatic carbocycles. The van der Waals surface area contributed by atoms with Crippen molar-refractivity contribution < 1.29 is 18.7 Å². The van der Waals surface area contributed by atoms with E-state index in [9.17, 15) is 14.0 Å². The molecule has 0 radical (unpaired) electrons. The van der Waals surface area contributed by atoms with Gasteiger partial charge in [-0.1, -0.05) is 12.1 Å². The largest absolute Gasteiger partial charge is 0.465 e. The van der Waals surface area contributed by atoms with E-state index in [1.54, 1.807) is 35.2 Å². The Labute approximate surface area is 145 Å². The van der Waals surface area contributed by atoms with Crippen LogP contribution in [0.3, 0.4) is 0 Å². The van der Waals surface area contributed by atoms with E-state index in [1.807, 2.05) is 6.07 Å². The Balaban J connectivity index is 1.71. The number of urea groups is 1. The Morgan fingerprint density at radius 3 is 2.64 bits per heavy atom. The van der Waals surface area contributed by atoms with Gasteiger partial charge in [0.05, 0.1) is 18.7 Å². The van der Waals surface area contributed by atoms with Crippen LogP contribution in [-0.2, 0) is 4.74 Å². The van der Waals surface area contributed by atoms with Gasteiger partial charge < -0.3 is 15.0 Å². The van der Waals surface area contributed by atoms with Crippen LogP contribution in [-0.4, -0.2) is 30.6 Å². The van der Waals surface area contributed by atoms with Gasteiger partial charge in [0.1, 0.15) is 5.82 Å². The minimum atomic E-state index is -0.427. The predicted octanol–water partition coefficient (Wildman–Crippen LogP) is 3.98. The molecular weight excluding hydrogens is 323 g/mol. The maximum Gasteiger partial charge on any atom is 0.337 e. The molecule has 2 amide bonds. The number of nitrogens with zero attached hydrogens (tertiary/aromatic N) is 1. The average molecular weight is 342 g/mol. The Hall–Kier alpha value is -2.89. The van der Waals surface area contributed by atoms with E-state index in [0.717, 1.165) is 18.4 Å². The van der Waals surface area contributed by atoms with Crippen molar-refractivity contribution in [3.05, 3.63) is 65.5 Å². The third-order valence-corrected chi connectivity index (χ3v) is 4.30. The molecule has 1 aliphatic rings. The van der Waals surface area contributed by atoms with Crippen LogP contribution in [0.1, 0.15) is 34.8 Å². The van der Waals surface area contributed by atoms with Gasteiger partial charge >= 0.3 is 12.0 Å². The number of nitrogens with one attached hydrogen (secondary N) is 1. The van der Waals surface area contributed by atoms with Crippen LogP contribution in [0.25, 0.3) is 0 Å². The second kappa shape index (κ2) is 7.34. The second-order valence-electron chi connectivity index (χ2n) is 5.91. The van der Waals surface area contributed by atoms with Crippen LogP contribution < -0.4 is 5.32 Å². The second-order valence-corrected chi connectivity index (χ2v) is 5.91. The molecular formula is C19H19FN2O3. The lowest BCUT2D eigenvalue weighted by molar-refractivity contribution is 0.0600. The molecule has 25 heavy (non-hydrogen) atoms. The SMILES string of the molecule is COC(=O)c1ccc(NC(=O)N2CCC[C@H]2c2cccc(F)c2)cc1. The fourth-order valence-electron chi connectivity index (χ4n) is 3.07. The van der Waals surface area contributed by atoms with Crippen molar-refractivity contribution in [3.8, 4) is 0 Å². The first-order chi connectivity index (χ1) is 12.1. The van der Waals surface area contributed by atoms with Gasteiger partial charge in [-0.2, -0.15) is 0 Å². The summed E-state index contributed by atoms with van der Waals surface area (Å²) in [7, 11) is 1.32. The number of amides is 2. The van der Waals surface area contributed by atoms with E-state index in [4.69, 9.17) is 0 Å². The van der Waals surface area contributed by atoms with Crippen LogP contribution in [0.2, 0.25) is 0 Å². The van der Waals surface area contributed by atoms with Crippen molar-refractivity contribution in [2.45, 2.75) is 18.9 Å². The first-order valence-corrected chi connectivity index (χ1v) is 8.10. The summed E-state index contributed by atoms with van der Waals surface area (Å²) in [5.41, 5.74) is 1.80. The van der Waals surface area contributed by atoms with E-state index >= 15 is 0 Å². The number of hydrogen-bond acceptors (Lipinski definition) is 3. The fourth-order valence-corrected chi connectivity index (χ4v) is 3.07. The monoisotopic (exact) mass is 342 g/mol. The van der Waals surface area contributed by atoms with Crippen LogP contribution in [0.5, 0.6) is 0 Å². The van der Waals surface area contributed by atoms with Crippen molar-refractivity contribution in [3.63, 3.8) is 0 Å². The van der Waals surface area contributed by atoms with Crippen LogP contribution >= 0.6 is 0 Å². The van der Waals surface area contributed by atoms with Crippen molar-refractivity contribution in [1.29, 1.82) is 0 Å². The molecule has 0 saturated carbocycles. The number of benzene rings is 2. The highest BCUT2D eigenvalue weighted by Gasteiger charge is 2.30. The molecule has 0 aliphatic carbocycles. The van der Waals surface area contributed by atoms with Gasteiger partial charge in [-0.15, -0.1) is 0 Å². The topological polar surface area (TPSA) is 58.6 Å². The molecule has 1 heterocycles. The zero-order chi connectivity index (χ0) is 17.8. The minimum Gasteiger partial charge on any atom is -0.465 e. The molecule has 6 heteroatoms. The van der Waals surface area contributed by atoms with Gasteiger partial charge in [0.25, 0.3) is 0 Å². The van der Waals surface area contributed by atoms with E-state index < -0.39 is 5.97 Å². The number of anilines is 1. The predicted molar refractivity (Wildman–Crippen MR) is 91.9 cm³/mol. The lowest BCUT2D eigenvalue weighted by Gasteiger charge is -2.25. The molecule has 1 atom stereocenters. The number of esters is 1. The number of methoxy groups -OCH3 is 1. The smallest absolute Gasteiger partial charge is 0.337 e. The number of likely N-dealkylation sites (tertiary alicyclic amines) is 1. The average Bonchev–Trinajstić information content (AvgIpc) is 3.11. The normalized spacial score (nSPS) is 16.6. The Bertz CT molecular complexity index is 776. The first kappa shape index (κ1) is 17.0. The summed E-state index contributed by atoms with van der Waals surface area (Å²) >= 11 is 0. The zero-order valence-electron chi connectivity index (χ0n) is 13.9. The van der Waals surface area contributed by atoms with Crippen molar-refractivity contribution >= 4 is 17.7 Å². The highest BCUT2D eigenvalue weighted by Crippen LogP contribution is 2.32. The van der Waals surface area contributed by atoms with Crippen molar-refractivity contribution in [1.82, 2.24) is 4.90 Å². The molecule has 2 aromatic rings. The summed E-state index contributed by atoms with van der Waals surface area (Å²) < 4.78 is 18.1. The molecule has 1 N–H and O–H groups in total. The first-order valence-electron chi connectivity index (χ1n) is 8.10. The fraction of sp³-hybridized carbons (Fsp3) is 0.263. The summed E-state index contributed by atoms with van der Waals surface area (Å²) in [5, 5.41) is 2.82. The number of ether oxygens (including phenoxy) is 1. The number of halogens is 1. The third kappa shape index (κ3) is 3.79. The maximum absolute atomic E-state index is 13.5.